The van der Waals surface area contributed by atoms with Crippen LogP contribution in [0.5, 0.6) is 0 Å². The van der Waals surface area contributed by atoms with E-state index >= 15 is 0 Å². The Morgan fingerprint density at radius 2 is 1.88 bits per heavy atom. The highest BCUT2D eigenvalue weighted by Gasteiger charge is 2.42. The molecule has 26 heavy (non-hydrogen) atoms. The van der Waals surface area contributed by atoms with Crippen LogP contribution in [0.1, 0.15) is 33.6 Å². The van der Waals surface area contributed by atoms with Crippen molar-refractivity contribution in [2.45, 2.75) is 18.9 Å². The maximum atomic E-state index is 13.0. The molecule has 2 aromatic rings. The lowest BCUT2D eigenvalue weighted by atomic mass is 9.91. The van der Waals surface area contributed by atoms with Crippen LogP contribution in [0.3, 0.4) is 0 Å². The zero-order chi connectivity index (χ0) is 18.4. The lowest BCUT2D eigenvalue weighted by molar-refractivity contribution is -0.136. The molecule has 2 heterocycles. The van der Waals surface area contributed by atoms with Crippen molar-refractivity contribution in [2.75, 3.05) is 0 Å². The quantitative estimate of drug-likeness (QED) is 0.385. The van der Waals surface area contributed by atoms with Gasteiger partial charge in [-0.3, -0.25) is 29.4 Å². The molecule has 1 N–H and O–H groups in total. The SMILES string of the molecule is [N-]=[N+]=Nc1cc2c3c(cccc3c1)C(=O)N(C1CCC(=O)NC1=O)C2=O. The fourth-order valence-corrected chi connectivity index (χ4v) is 3.43. The molecule has 9 heteroatoms. The van der Waals surface area contributed by atoms with Crippen molar-refractivity contribution < 1.29 is 19.2 Å². The number of benzene rings is 2. The van der Waals surface area contributed by atoms with Crippen LogP contribution in [-0.2, 0) is 9.59 Å². The summed E-state index contributed by atoms with van der Waals surface area (Å²) in [6.07, 6.45) is 0.118. The number of amides is 4. The number of imide groups is 2. The molecule has 1 fully saturated rings. The number of hydrogen-bond acceptors (Lipinski definition) is 5. The van der Waals surface area contributed by atoms with Gasteiger partial charge in [-0.25, -0.2) is 0 Å². The van der Waals surface area contributed by atoms with Gasteiger partial charge >= 0.3 is 0 Å². The van der Waals surface area contributed by atoms with Gasteiger partial charge < -0.3 is 0 Å². The molecule has 4 rings (SSSR count). The fourth-order valence-electron chi connectivity index (χ4n) is 3.43. The molecule has 2 aromatic carbocycles. The number of carbonyl (C=O) groups is 4. The zero-order valence-electron chi connectivity index (χ0n) is 13.3. The molecule has 9 nitrogen and oxygen atoms in total. The molecule has 1 atom stereocenters. The van der Waals surface area contributed by atoms with Gasteiger partial charge in [-0.1, -0.05) is 17.2 Å². The lowest BCUT2D eigenvalue weighted by Gasteiger charge is -2.34. The first-order valence-corrected chi connectivity index (χ1v) is 7.84. The minimum atomic E-state index is -1.06. The van der Waals surface area contributed by atoms with Crippen LogP contribution < -0.4 is 5.32 Å². The summed E-state index contributed by atoms with van der Waals surface area (Å²) in [6.45, 7) is 0. The van der Waals surface area contributed by atoms with E-state index in [1.54, 1.807) is 24.3 Å². The summed E-state index contributed by atoms with van der Waals surface area (Å²) in [5.74, 6) is -2.34. The highest BCUT2D eigenvalue weighted by molar-refractivity contribution is 6.27. The third-order valence-electron chi connectivity index (χ3n) is 4.54. The average molecular weight is 349 g/mol. The van der Waals surface area contributed by atoms with E-state index < -0.39 is 29.7 Å². The fraction of sp³-hybridized carbons (Fsp3) is 0.176. The van der Waals surface area contributed by atoms with Crippen molar-refractivity contribution in [3.8, 4) is 0 Å². The molecule has 1 saturated heterocycles. The molecule has 2 aliphatic rings. The Morgan fingerprint density at radius 1 is 1.12 bits per heavy atom. The number of piperidine rings is 1. The normalized spacial score (nSPS) is 19.4. The molecule has 0 saturated carbocycles. The zero-order valence-corrected chi connectivity index (χ0v) is 13.3. The summed E-state index contributed by atoms with van der Waals surface area (Å²) in [4.78, 5) is 53.1. The molecule has 0 aromatic heterocycles. The second-order valence-corrected chi connectivity index (χ2v) is 6.03. The number of nitrogens with one attached hydrogen (secondary N) is 1. The van der Waals surface area contributed by atoms with Crippen LogP contribution >= 0.6 is 0 Å². The van der Waals surface area contributed by atoms with E-state index in [0.717, 1.165) is 4.90 Å². The highest BCUT2D eigenvalue weighted by Crippen LogP contribution is 2.35. The van der Waals surface area contributed by atoms with Crippen molar-refractivity contribution in [3.63, 3.8) is 0 Å². The molecule has 1 unspecified atom stereocenters. The van der Waals surface area contributed by atoms with Gasteiger partial charge in [-0.2, -0.15) is 0 Å². The summed E-state index contributed by atoms with van der Waals surface area (Å²) in [5.41, 5.74) is 9.38. The molecule has 2 aliphatic heterocycles. The van der Waals surface area contributed by atoms with Crippen LogP contribution in [0.4, 0.5) is 5.69 Å². The Hall–Kier alpha value is -3.71. The van der Waals surface area contributed by atoms with Crippen molar-refractivity contribution in [2.24, 2.45) is 5.11 Å². The number of hydrogen-bond donors (Lipinski definition) is 1. The first-order valence-electron chi connectivity index (χ1n) is 7.84. The molecule has 4 amide bonds. The first kappa shape index (κ1) is 15.8. The number of carbonyl (C=O) groups excluding carboxylic acids is 4. The Labute approximate surface area is 146 Å². The van der Waals surface area contributed by atoms with Crippen molar-refractivity contribution in [1.29, 1.82) is 0 Å². The maximum absolute atomic E-state index is 13.0. The topological polar surface area (TPSA) is 132 Å². The number of rotatable bonds is 2. The van der Waals surface area contributed by atoms with Gasteiger partial charge in [0.25, 0.3) is 11.8 Å². The van der Waals surface area contributed by atoms with Crippen LogP contribution in [0.2, 0.25) is 0 Å². The Morgan fingerprint density at radius 3 is 2.62 bits per heavy atom. The number of nitrogens with zero attached hydrogens (tertiary/aromatic N) is 4. The predicted molar refractivity (Wildman–Crippen MR) is 89.4 cm³/mol. The summed E-state index contributed by atoms with van der Waals surface area (Å²) in [6, 6.07) is 6.87. The molecule has 0 radical (unpaired) electrons. The van der Waals surface area contributed by atoms with E-state index in [4.69, 9.17) is 5.53 Å². The minimum absolute atomic E-state index is 0.0449. The Bertz CT molecular complexity index is 1070. The summed E-state index contributed by atoms with van der Waals surface area (Å²) >= 11 is 0. The highest BCUT2D eigenvalue weighted by atomic mass is 16.2. The van der Waals surface area contributed by atoms with Gasteiger partial charge in [0.2, 0.25) is 11.8 Å². The summed E-state index contributed by atoms with van der Waals surface area (Å²) in [5, 5.41) is 6.74. The summed E-state index contributed by atoms with van der Waals surface area (Å²) < 4.78 is 0. The van der Waals surface area contributed by atoms with Crippen LogP contribution in [-0.4, -0.2) is 34.6 Å². The van der Waals surface area contributed by atoms with Gasteiger partial charge in [0, 0.05) is 33.5 Å². The van der Waals surface area contributed by atoms with Crippen molar-refractivity contribution in [3.05, 3.63) is 51.9 Å². The van der Waals surface area contributed by atoms with E-state index in [1.165, 1.54) is 6.07 Å². The van der Waals surface area contributed by atoms with Gasteiger partial charge in [0.05, 0.1) is 0 Å². The Balaban J connectivity index is 1.90. The van der Waals surface area contributed by atoms with Crippen LogP contribution in [0.25, 0.3) is 21.2 Å². The number of azide groups is 1. The molecular weight excluding hydrogens is 338 g/mol. The average Bonchev–Trinajstić information content (AvgIpc) is 2.61. The van der Waals surface area contributed by atoms with E-state index in [9.17, 15) is 19.2 Å². The van der Waals surface area contributed by atoms with Gasteiger partial charge in [0.15, 0.2) is 0 Å². The monoisotopic (exact) mass is 349 g/mol. The second-order valence-electron chi connectivity index (χ2n) is 6.03. The lowest BCUT2D eigenvalue weighted by Crippen LogP contribution is -2.57. The van der Waals surface area contributed by atoms with Crippen LogP contribution in [0.15, 0.2) is 35.4 Å². The molecule has 0 aliphatic carbocycles. The van der Waals surface area contributed by atoms with E-state index in [-0.39, 0.29) is 29.7 Å². The molecular formula is C17H11N5O4. The van der Waals surface area contributed by atoms with Crippen molar-refractivity contribution in [1.82, 2.24) is 10.2 Å². The third kappa shape index (κ3) is 2.22. The first-order chi connectivity index (χ1) is 12.5. The standard InChI is InChI=1S/C17H11N5O4/c18-21-20-9-6-8-2-1-3-10-14(8)11(7-9)17(26)22(16(10)25)12-4-5-13(23)19-15(12)24/h1-3,6-7,12H,4-5H2,(H,19,23,24). The van der Waals surface area contributed by atoms with E-state index in [0.29, 0.717) is 10.8 Å². The van der Waals surface area contributed by atoms with E-state index in [2.05, 4.69) is 15.3 Å². The predicted octanol–water partition coefficient (Wildman–Crippen LogP) is 2.18. The molecule has 128 valence electrons. The molecule has 0 spiro atoms. The largest absolute Gasteiger partial charge is 0.295 e. The third-order valence-corrected chi connectivity index (χ3v) is 4.54. The van der Waals surface area contributed by atoms with Gasteiger partial charge in [-0.05, 0) is 35.5 Å². The van der Waals surface area contributed by atoms with Crippen molar-refractivity contribution >= 4 is 40.1 Å². The summed E-state index contributed by atoms with van der Waals surface area (Å²) in [7, 11) is 0. The van der Waals surface area contributed by atoms with Gasteiger partial charge in [-0.15, -0.1) is 0 Å². The van der Waals surface area contributed by atoms with E-state index in [1.807, 2.05) is 0 Å². The second kappa shape index (κ2) is 5.68. The smallest absolute Gasteiger partial charge is 0.262 e. The Kier molecular flexibility index (Phi) is 3.45. The maximum Gasteiger partial charge on any atom is 0.262 e. The van der Waals surface area contributed by atoms with Gasteiger partial charge in [0.1, 0.15) is 6.04 Å². The van der Waals surface area contributed by atoms with Crippen LogP contribution in [0, 0.1) is 0 Å². The minimum Gasteiger partial charge on any atom is -0.295 e. The molecule has 0 bridgehead atoms.